The van der Waals surface area contributed by atoms with Gasteiger partial charge in [-0.3, -0.25) is 0 Å². The molecule has 0 radical (unpaired) electrons. The second kappa shape index (κ2) is 4.46. The van der Waals surface area contributed by atoms with E-state index in [9.17, 15) is 4.79 Å². The van der Waals surface area contributed by atoms with E-state index in [1.165, 1.54) is 0 Å². The zero-order chi connectivity index (χ0) is 10.6. The molecule has 0 aromatic heterocycles. The second-order valence-corrected chi connectivity index (χ2v) is 4.40. The van der Waals surface area contributed by atoms with Crippen molar-refractivity contribution in [3.8, 4) is 0 Å². The molecule has 0 saturated heterocycles. The number of carbonyl (C=O) groups is 1. The molecule has 0 bridgehead atoms. The van der Waals surface area contributed by atoms with E-state index in [1.807, 2.05) is 13.8 Å². The molecule has 2 N–H and O–H groups in total. The molecule has 13 heavy (non-hydrogen) atoms. The van der Waals surface area contributed by atoms with Gasteiger partial charge in [0.1, 0.15) is 0 Å². The maximum absolute atomic E-state index is 11.4. The summed E-state index contributed by atoms with van der Waals surface area (Å²) in [5, 5.41) is 0. The maximum atomic E-state index is 11.4. The predicted molar refractivity (Wildman–Crippen MR) is 54.5 cm³/mol. The Hall–Kier alpha value is -0.770. The van der Waals surface area contributed by atoms with Crippen molar-refractivity contribution in [3.63, 3.8) is 0 Å². The van der Waals surface area contributed by atoms with Crippen LogP contribution in [0.1, 0.15) is 13.8 Å². The summed E-state index contributed by atoms with van der Waals surface area (Å²) in [5.41, 5.74) is 5.57. The van der Waals surface area contributed by atoms with Gasteiger partial charge in [0.15, 0.2) is 0 Å². The minimum absolute atomic E-state index is 0.0135. The molecule has 0 aliphatic rings. The minimum atomic E-state index is -0.0135. The molecule has 0 fully saturated rings. The Labute approximate surface area is 80.7 Å². The van der Waals surface area contributed by atoms with E-state index >= 15 is 0 Å². The third-order valence-electron chi connectivity index (χ3n) is 1.93. The van der Waals surface area contributed by atoms with Gasteiger partial charge in [0.25, 0.3) is 0 Å². The Morgan fingerprint density at radius 1 is 1.31 bits per heavy atom. The van der Waals surface area contributed by atoms with E-state index in [0.717, 1.165) is 0 Å². The fraction of sp³-hybridized carbons (Fsp3) is 0.889. The zero-order valence-electron chi connectivity index (χ0n) is 9.29. The van der Waals surface area contributed by atoms with Crippen molar-refractivity contribution in [3.05, 3.63) is 0 Å². The Bertz CT molecular complexity index is 178. The smallest absolute Gasteiger partial charge is 0.319 e. The van der Waals surface area contributed by atoms with Crippen molar-refractivity contribution in [1.29, 1.82) is 0 Å². The molecule has 4 nitrogen and oxygen atoms in total. The summed E-state index contributed by atoms with van der Waals surface area (Å²) in [4.78, 5) is 14.7. The number of hydrogen-bond acceptors (Lipinski definition) is 2. The third kappa shape index (κ3) is 4.12. The van der Waals surface area contributed by atoms with Crippen LogP contribution in [0.4, 0.5) is 4.79 Å². The monoisotopic (exact) mass is 187 g/mol. The highest BCUT2D eigenvalue weighted by molar-refractivity contribution is 5.73. The van der Waals surface area contributed by atoms with E-state index in [0.29, 0.717) is 13.1 Å². The van der Waals surface area contributed by atoms with Gasteiger partial charge in [-0.05, 0) is 12.0 Å². The molecule has 4 heteroatoms. The van der Waals surface area contributed by atoms with Crippen molar-refractivity contribution >= 4 is 6.03 Å². The van der Waals surface area contributed by atoms with Gasteiger partial charge in [0, 0.05) is 27.7 Å². The quantitative estimate of drug-likeness (QED) is 0.703. The summed E-state index contributed by atoms with van der Waals surface area (Å²) in [7, 11) is 5.28. The molecule has 0 atom stereocenters. The lowest BCUT2D eigenvalue weighted by molar-refractivity contribution is 0.161. The summed E-state index contributed by atoms with van der Waals surface area (Å²) in [6.45, 7) is 5.36. The molecule has 0 aliphatic carbocycles. The summed E-state index contributed by atoms with van der Waals surface area (Å²) in [6, 6.07) is 0.0153. The lowest BCUT2D eigenvalue weighted by atomic mass is 9.93. The van der Waals surface area contributed by atoms with Crippen molar-refractivity contribution < 1.29 is 4.79 Å². The van der Waals surface area contributed by atoms with Crippen LogP contribution in [0.5, 0.6) is 0 Å². The van der Waals surface area contributed by atoms with Crippen LogP contribution in [0.3, 0.4) is 0 Å². The lowest BCUT2D eigenvalue weighted by Crippen LogP contribution is -2.43. The average Bonchev–Trinajstić information content (AvgIpc) is 2.02. The summed E-state index contributed by atoms with van der Waals surface area (Å²) in [5.74, 6) is 0. The topological polar surface area (TPSA) is 49.6 Å². The zero-order valence-corrected chi connectivity index (χ0v) is 9.29. The van der Waals surface area contributed by atoms with Crippen molar-refractivity contribution in [2.45, 2.75) is 13.8 Å². The van der Waals surface area contributed by atoms with E-state index in [2.05, 4.69) is 0 Å². The van der Waals surface area contributed by atoms with Gasteiger partial charge in [-0.1, -0.05) is 13.8 Å². The average molecular weight is 187 g/mol. The standard InChI is InChI=1S/C9H21N3O/c1-9(2,6-10)7-12(5)8(13)11(3)4/h6-7,10H2,1-5H3. The van der Waals surface area contributed by atoms with Crippen LogP contribution in [0.2, 0.25) is 0 Å². The summed E-state index contributed by atoms with van der Waals surface area (Å²) < 4.78 is 0. The minimum Gasteiger partial charge on any atom is -0.331 e. The predicted octanol–water partition coefficient (Wildman–Crippen LogP) is 0.585. The van der Waals surface area contributed by atoms with E-state index in [-0.39, 0.29) is 11.4 Å². The number of urea groups is 1. The number of carbonyl (C=O) groups excluding carboxylic acids is 1. The van der Waals surface area contributed by atoms with Gasteiger partial charge in [-0.2, -0.15) is 0 Å². The first-order valence-electron chi connectivity index (χ1n) is 4.42. The summed E-state index contributed by atoms with van der Waals surface area (Å²) >= 11 is 0. The molecule has 0 aromatic carbocycles. The molecular weight excluding hydrogens is 166 g/mol. The number of rotatable bonds is 3. The fourth-order valence-corrected chi connectivity index (χ4v) is 1.12. The number of nitrogens with zero attached hydrogens (tertiary/aromatic N) is 2. The van der Waals surface area contributed by atoms with E-state index in [1.54, 1.807) is 30.9 Å². The Morgan fingerprint density at radius 2 is 1.77 bits per heavy atom. The van der Waals surface area contributed by atoms with Crippen LogP contribution in [0.25, 0.3) is 0 Å². The maximum Gasteiger partial charge on any atom is 0.319 e. The molecule has 78 valence electrons. The van der Waals surface area contributed by atoms with Crippen LogP contribution < -0.4 is 5.73 Å². The fourth-order valence-electron chi connectivity index (χ4n) is 1.12. The largest absolute Gasteiger partial charge is 0.331 e. The first-order chi connectivity index (χ1) is 5.80. The normalized spacial score (nSPS) is 11.2. The van der Waals surface area contributed by atoms with Crippen LogP contribution in [0, 0.1) is 5.41 Å². The van der Waals surface area contributed by atoms with Crippen LogP contribution >= 0.6 is 0 Å². The highest BCUT2D eigenvalue weighted by Crippen LogP contribution is 2.14. The molecular formula is C9H21N3O. The Kier molecular flexibility index (Phi) is 4.20. The van der Waals surface area contributed by atoms with Crippen LogP contribution in [-0.4, -0.2) is 50.1 Å². The Morgan fingerprint density at radius 3 is 2.08 bits per heavy atom. The number of hydrogen-bond donors (Lipinski definition) is 1. The summed E-state index contributed by atoms with van der Waals surface area (Å²) in [6.07, 6.45) is 0. The van der Waals surface area contributed by atoms with Crippen molar-refractivity contribution in [2.24, 2.45) is 11.1 Å². The van der Waals surface area contributed by atoms with Gasteiger partial charge in [0.2, 0.25) is 0 Å². The molecule has 0 saturated carbocycles. The number of amides is 2. The molecule has 2 amide bonds. The van der Waals surface area contributed by atoms with Crippen molar-refractivity contribution in [1.82, 2.24) is 9.80 Å². The molecule has 0 heterocycles. The Balaban J connectivity index is 4.15. The third-order valence-corrected chi connectivity index (χ3v) is 1.93. The SMILES string of the molecule is CN(C)C(=O)N(C)CC(C)(C)CN. The molecule has 0 aromatic rings. The molecule has 0 aliphatic heterocycles. The molecule has 0 unspecified atom stereocenters. The highest BCUT2D eigenvalue weighted by atomic mass is 16.2. The van der Waals surface area contributed by atoms with Gasteiger partial charge in [-0.15, -0.1) is 0 Å². The lowest BCUT2D eigenvalue weighted by Gasteiger charge is -2.30. The first kappa shape index (κ1) is 12.2. The van der Waals surface area contributed by atoms with Crippen LogP contribution in [0.15, 0.2) is 0 Å². The van der Waals surface area contributed by atoms with Gasteiger partial charge in [0.05, 0.1) is 0 Å². The van der Waals surface area contributed by atoms with Crippen molar-refractivity contribution in [2.75, 3.05) is 34.2 Å². The number of nitrogens with two attached hydrogens (primary N) is 1. The molecule has 0 rings (SSSR count). The van der Waals surface area contributed by atoms with Gasteiger partial charge in [-0.25, -0.2) is 4.79 Å². The second-order valence-electron chi connectivity index (χ2n) is 4.40. The highest BCUT2D eigenvalue weighted by Gasteiger charge is 2.21. The van der Waals surface area contributed by atoms with E-state index < -0.39 is 0 Å². The van der Waals surface area contributed by atoms with Gasteiger partial charge < -0.3 is 15.5 Å². The molecule has 0 spiro atoms. The van der Waals surface area contributed by atoms with Gasteiger partial charge >= 0.3 is 6.03 Å². The van der Waals surface area contributed by atoms with E-state index in [4.69, 9.17) is 5.73 Å². The first-order valence-corrected chi connectivity index (χ1v) is 4.42. The van der Waals surface area contributed by atoms with Crippen LogP contribution in [-0.2, 0) is 0 Å².